The van der Waals surface area contributed by atoms with Gasteiger partial charge in [-0.1, -0.05) is 13.8 Å². The second-order valence-electron chi connectivity index (χ2n) is 2.08. The van der Waals surface area contributed by atoms with Gasteiger partial charge in [0.05, 0.1) is 0 Å². The van der Waals surface area contributed by atoms with Gasteiger partial charge in [0.1, 0.15) is 0 Å². The Morgan fingerprint density at radius 1 is 0.923 bits per heavy atom. The normalized spacial score (nSPS) is 6.15. The van der Waals surface area contributed by atoms with E-state index in [9.17, 15) is 0 Å². The van der Waals surface area contributed by atoms with E-state index in [1.807, 2.05) is 26.2 Å². The Kier molecular flexibility index (Phi) is 31.1. The molecular formula is C8H20GeN4. The molecule has 76 valence electrons. The summed E-state index contributed by atoms with van der Waals surface area (Å²) in [4.78, 5) is 0. The molecule has 0 heterocycles. The Bertz CT molecular complexity index is 129. The molecule has 2 N–H and O–H groups in total. The minimum absolute atomic E-state index is 0. The maximum absolute atomic E-state index is 7.84. The molecule has 0 atom stereocenters. The van der Waals surface area contributed by atoms with Crippen molar-refractivity contribution in [2.45, 2.75) is 26.7 Å². The molecule has 5 heteroatoms. The van der Waals surface area contributed by atoms with Crippen LogP contribution in [0.25, 0.3) is 0 Å². The summed E-state index contributed by atoms with van der Waals surface area (Å²) in [5.41, 5.74) is 0. The van der Waals surface area contributed by atoms with Crippen LogP contribution in [0.3, 0.4) is 0 Å². The third kappa shape index (κ3) is 35.3. The topological polar surface area (TPSA) is 71.6 Å². The van der Waals surface area contributed by atoms with Gasteiger partial charge in [-0.3, -0.25) is 0 Å². The molecule has 0 bridgehead atoms. The second kappa shape index (κ2) is 22.5. The third-order valence-corrected chi connectivity index (χ3v) is 0.908. The van der Waals surface area contributed by atoms with E-state index in [0.717, 1.165) is 25.9 Å². The summed E-state index contributed by atoms with van der Waals surface area (Å²) in [7, 11) is 0. The molecular weight excluding hydrogens is 225 g/mol. The quantitative estimate of drug-likeness (QED) is 0.302. The van der Waals surface area contributed by atoms with E-state index in [-0.39, 0.29) is 17.6 Å². The zero-order valence-corrected chi connectivity index (χ0v) is 7.72. The maximum atomic E-state index is 7.84. The van der Waals surface area contributed by atoms with Gasteiger partial charge < -0.3 is 10.6 Å². The minimum atomic E-state index is 0. The van der Waals surface area contributed by atoms with Crippen LogP contribution in [-0.2, 0) is 0 Å². The van der Waals surface area contributed by atoms with Crippen LogP contribution in [0.1, 0.15) is 26.7 Å². The molecule has 0 aliphatic rings. The van der Waals surface area contributed by atoms with Crippen molar-refractivity contribution in [3.05, 3.63) is 0 Å². The van der Waals surface area contributed by atoms with Crippen LogP contribution in [0, 0.1) is 22.9 Å². The van der Waals surface area contributed by atoms with Gasteiger partial charge in [0.15, 0.2) is 12.4 Å². The van der Waals surface area contributed by atoms with E-state index in [1.54, 1.807) is 0 Å². The van der Waals surface area contributed by atoms with E-state index in [2.05, 4.69) is 10.6 Å². The summed E-state index contributed by atoms with van der Waals surface area (Å²) in [6.07, 6.45) is 5.68. The van der Waals surface area contributed by atoms with Gasteiger partial charge in [-0.25, -0.2) is 0 Å². The Labute approximate surface area is 91.3 Å². The number of rotatable bonds is 4. The molecule has 0 saturated carbocycles. The van der Waals surface area contributed by atoms with E-state index in [0.29, 0.717) is 0 Å². The van der Waals surface area contributed by atoms with E-state index in [4.69, 9.17) is 10.5 Å². The number of hydrogen-bond donors (Lipinski definition) is 2. The average Bonchev–Trinajstić information content (AvgIpc) is 2.12. The van der Waals surface area contributed by atoms with Gasteiger partial charge in [-0.2, -0.15) is 10.5 Å². The van der Waals surface area contributed by atoms with Gasteiger partial charge in [-0.15, -0.1) is 0 Å². The predicted molar refractivity (Wildman–Crippen MR) is 59.1 cm³/mol. The molecule has 0 aliphatic carbocycles. The van der Waals surface area contributed by atoms with Crippen molar-refractivity contribution in [1.82, 2.24) is 10.6 Å². The monoisotopic (exact) mass is 246 g/mol. The standard InChI is InChI=1S/2C4H8N2.GeH4/c2*1-2-3-6-4-5;/h2*6H,2-3H2,1H3;1H4. The molecule has 13 heavy (non-hydrogen) atoms. The van der Waals surface area contributed by atoms with Crippen molar-refractivity contribution >= 4 is 17.6 Å². The third-order valence-electron chi connectivity index (χ3n) is 0.908. The Hall–Kier alpha value is -0.877. The van der Waals surface area contributed by atoms with Crippen LogP contribution >= 0.6 is 0 Å². The Morgan fingerprint density at radius 2 is 1.23 bits per heavy atom. The fraction of sp³-hybridized carbons (Fsp3) is 0.750. The van der Waals surface area contributed by atoms with Crippen LogP contribution in [0.2, 0.25) is 0 Å². The average molecular weight is 245 g/mol. The molecule has 0 unspecified atom stereocenters. The molecule has 4 nitrogen and oxygen atoms in total. The summed E-state index contributed by atoms with van der Waals surface area (Å²) in [5, 5.41) is 20.7. The van der Waals surface area contributed by atoms with Gasteiger partial charge in [0.25, 0.3) is 0 Å². The molecule has 0 saturated heterocycles. The van der Waals surface area contributed by atoms with Crippen molar-refractivity contribution < 1.29 is 0 Å². The summed E-state index contributed by atoms with van der Waals surface area (Å²) >= 11 is 0. The van der Waals surface area contributed by atoms with E-state index >= 15 is 0 Å². The predicted octanol–water partition coefficient (Wildman–Crippen LogP) is -0.517. The van der Waals surface area contributed by atoms with Gasteiger partial charge in [-0.05, 0) is 12.8 Å². The van der Waals surface area contributed by atoms with Gasteiger partial charge in [0.2, 0.25) is 0 Å². The first-order valence-corrected chi connectivity index (χ1v) is 4.07. The Morgan fingerprint density at radius 3 is 1.31 bits per heavy atom. The molecule has 0 aromatic heterocycles. The summed E-state index contributed by atoms with van der Waals surface area (Å²) in [5.74, 6) is 0. The summed E-state index contributed by atoms with van der Waals surface area (Å²) < 4.78 is 0. The van der Waals surface area contributed by atoms with E-state index in [1.165, 1.54) is 0 Å². The first-order valence-electron chi connectivity index (χ1n) is 4.07. The van der Waals surface area contributed by atoms with Crippen molar-refractivity contribution in [2.24, 2.45) is 0 Å². The molecule has 0 radical (unpaired) electrons. The van der Waals surface area contributed by atoms with Crippen LogP contribution in [0.15, 0.2) is 0 Å². The first-order chi connectivity index (χ1) is 5.83. The SMILES string of the molecule is CCCNC#N.CCCNC#N.[GeH4]. The van der Waals surface area contributed by atoms with Crippen LogP contribution < -0.4 is 10.6 Å². The number of hydrogen-bond acceptors (Lipinski definition) is 4. The molecule has 0 aromatic rings. The van der Waals surface area contributed by atoms with E-state index < -0.39 is 0 Å². The van der Waals surface area contributed by atoms with Gasteiger partial charge >= 0.3 is 17.6 Å². The van der Waals surface area contributed by atoms with Crippen LogP contribution in [0.5, 0.6) is 0 Å². The summed E-state index contributed by atoms with van der Waals surface area (Å²) in [6, 6.07) is 0. The molecule has 0 rings (SSSR count). The first kappa shape index (κ1) is 18.0. The summed E-state index contributed by atoms with van der Waals surface area (Å²) in [6.45, 7) is 5.64. The fourth-order valence-corrected chi connectivity index (χ4v) is 0.362. The van der Waals surface area contributed by atoms with Crippen molar-refractivity contribution in [3.8, 4) is 12.4 Å². The molecule has 0 spiro atoms. The van der Waals surface area contributed by atoms with Crippen molar-refractivity contribution in [2.75, 3.05) is 13.1 Å². The molecule has 0 amide bonds. The van der Waals surface area contributed by atoms with Gasteiger partial charge in [0, 0.05) is 13.1 Å². The van der Waals surface area contributed by atoms with Crippen LogP contribution in [-0.4, -0.2) is 30.7 Å². The molecule has 0 fully saturated rings. The molecule has 0 aliphatic heterocycles. The fourth-order valence-electron chi connectivity index (χ4n) is 0.362. The number of nitrogens with one attached hydrogen (secondary N) is 2. The second-order valence-corrected chi connectivity index (χ2v) is 2.08. The molecule has 0 aromatic carbocycles. The number of nitriles is 2. The Balaban J connectivity index is -0.000000143. The van der Waals surface area contributed by atoms with Crippen molar-refractivity contribution in [1.29, 1.82) is 10.5 Å². The zero-order valence-electron chi connectivity index (χ0n) is 7.72. The zero-order chi connectivity index (χ0) is 9.66. The van der Waals surface area contributed by atoms with Crippen LogP contribution in [0.4, 0.5) is 0 Å². The van der Waals surface area contributed by atoms with Crippen molar-refractivity contribution in [3.63, 3.8) is 0 Å². The number of nitrogens with zero attached hydrogens (tertiary/aromatic N) is 2.